The molecule has 2 amide bonds. The van der Waals surface area contributed by atoms with Crippen molar-refractivity contribution in [3.8, 4) is 5.75 Å². The van der Waals surface area contributed by atoms with E-state index in [-0.39, 0.29) is 17.9 Å². The fourth-order valence-corrected chi connectivity index (χ4v) is 9.32. The third-order valence-electron chi connectivity index (χ3n) is 12.0. The van der Waals surface area contributed by atoms with Gasteiger partial charge in [-0.25, -0.2) is 0 Å². The molecule has 2 aliphatic rings. The summed E-state index contributed by atoms with van der Waals surface area (Å²) in [5.41, 5.74) is 11.1. The minimum atomic E-state index is -0.207. The number of carbonyl (C=O) groups excluding carboxylic acids is 2. The van der Waals surface area contributed by atoms with Gasteiger partial charge in [0.1, 0.15) is 11.4 Å². The summed E-state index contributed by atoms with van der Waals surface area (Å²) in [7, 11) is 4.12. The Morgan fingerprint density at radius 2 is 1.67 bits per heavy atom. The lowest BCUT2D eigenvalue weighted by Gasteiger charge is -2.36. The van der Waals surface area contributed by atoms with Crippen molar-refractivity contribution in [1.82, 2.24) is 14.0 Å². The molecule has 294 valence electrons. The maximum atomic E-state index is 15.3. The first-order valence-corrected chi connectivity index (χ1v) is 20.5. The van der Waals surface area contributed by atoms with Gasteiger partial charge in [0.25, 0.3) is 11.8 Å². The minimum Gasteiger partial charge on any atom is -0.494 e. The Bertz CT molecular complexity index is 2580. The number of nitrogens with one attached hydrogen (secondary N) is 1. The lowest BCUT2D eigenvalue weighted by molar-refractivity contribution is 0.0957. The number of ether oxygens (including phenoxy) is 1. The largest absolute Gasteiger partial charge is 0.494 e. The lowest BCUT2D eigenvalue weighted by Crippen LogP contribution is -2.42. The van der Waals surface area contributed by atoms with Crippen molar-refractivity contribution < 1.29 is 14.3 Å². The van der Waals surface area contributed by atoms with E-state index < -0.39 is 0 Å². The highest BCUT2D eigenvalue weighted by molar-refractivity contribution is 6.34. The summed E-state index contributed by atoms with van der Waals surface area (Å²) >= 11 is 13.7. The van der Waals surface area contributed by atoms with Crippen molar-refractivity contribution in [2.75, 3.05) is 37.0 Å². The number of carbonyl (C=O) groups is 2. The fraction of sp³-hybridized carbons (Fsp3) is 0.319. The molecule has 0 fully saturated rings. The summed E-state index contributed by atoms with van der Waals surface area (Å²) in [5.74, 6) is 0.807. The monoisotopic (exact) mass is 801 g/mol. The average Bonchev–Trinajstić information content (AvgIpc) is 3.71. The molecular weight excluding hydrogens is 753 g/mol. The number of para-hydroxylation sites is 1. The summed E-state index contributed by atoms with van der Waals surface area (Å²) in [5, 5.41) is 6.34. The molecule has 4 heterocycles. The van der Waals surface area contributed by atoms with Gasteiger partial charge in [0.2, 0.25) is 0 Å². The van der Waals surface area contributed by atoms with Crippen LogP contribution in [0.4, 0.5) is 11.4 Å². The average molecular weight is 803 g/mol. The number of amides is 2. The fourth-order valence-electron chi connectivity index (χ4n) is 8.96. The van der Waals surface area contributed by atoms with Crippen LogP contribution in [-0.4, -0.2) is 52.6 Å². The van der Waals surface area contributed by atoms with E-state index in [2.05, 4.69) is 48.7 Å². The molecule has 1 N–H and O–H groups in total. The van der Waals surface area contributed by atoms with Crippen LogP contribution in [0.1, 0.15) is 82.8 Å². The first kappa shape index (κ1) is 38.7. The summed E-state index contributed by atoms with van der Waals surface area (Å²) in [4.78, 5) is 33.0. The Morgan fingerprint density at radius 1 is 0.930 bits per heavy atom. The molecule has 0 aliphatic carbocycles. The number of halogens is 2. The Labute approximate surface area is 344 Å². The molecule has 0 bridgehead atoms. The summed E-state index contributed by atoms with van der Waals surface area (Å²) < 4.78 is 10.6. The molecule has 0 saturated carbocycles. The van der Waals surface area contributed by atoms with E-state index in [9.17, 15) is 4.79 Å². The maximum Gasteiger partial charge on any atom is 0.275 e. The second-order valence-corrected chi connectivity index (χ2v) is 16.7. The highest BCUT2D eigenvalue weighted by Gasteiger charge is 2.38. The summed E-state index contributed by atoms with van der Waals surface area (Å²) in [6.07, 6.45) is 4.35. The molecule has 8 rings (SSSR count). The second kappa shape index (κ2) is 15.3. The van der Waals surface area contributed by atoms with Crippen LogP contribution in [0, 0.1) is 19.8 Å². The zero-order valence-electron chi connectivity index (χ0n) is 33.7. The van der Waals surface area contributed by atoms with Crippen LogP contribution in [0.15, 0.2) is 84.7 Å². The zero-order chi connectivity index (χ0) is 40.3. The molecule has 57 heavy (non-hydrogen) atoms. The van der Waals surface area contributed by atoms with Gasteiger partial charge in [-0.05, 0) is 124 Å². The van der Waals surface area contributed by atoms with Crippen molar-refractivity contribution >= 4 is 73.8 Å². The quantitative estimate of drug-likeness (QED) is 0.148. The SMILES string of the molecule is CC1=C(c2c(Cl)ccc3c(CCCOc4cc(C)c(Cl)c(C)c4)c4n(c23)[C@H](C)CN(c2cn(C)c3ccc(C(=O)Nc5ccccc5)cc23)C4=O)C(C)CCN1C. The van der Waals surface area contributed by atoms with Crippen molar-refractivity contribution in [1.29, 1.82) is 0 Å². The number of anilines is 2. The van der Waals surface area contributed by atoms with E-state index in [1.807, 2.05) is 103 Å². The van der Waals surface area contributed by atoms with E-state index in [1.165, 1.54) is 11.3 Å². The summed E-state index contributed by atoms with van der Waals surface area (Å²) in [6, 6.07) is 23.1. The highest BCUT2D eigenvalue weighted by Crippen LogP contribution is 2.46. The number of rotatable bonds is 9. The standard InChI is InChI=1S/C47H49Cl2N5O3/c1-27-19-20-51(6)31(5)41(27)42-38(48)17-16-36-35(14-11-21-57-34-22-28(2)43(49)29(3)23-34)45-47(56)53(25-30(4)54(45)44(36)42)40-26-52(7)39-18-15-32(24-37(39)40)46(55)50-33-12-9-8-10-13-33/h8-10,12-13,15-18,22-24,26-27,30H,11,14,19-21,25H2,1-7H3,(H,50,55)/t27?,30-/m1/s1. The Kier molecular flexibility index (Phi) is 10.4. The van der Waals surface area contributed by atoms with Crippen molar-refractivity contribution in [2.24, 2.45) is 13.0 Å². The molecule has 4 aromatic carbocycles. The van der Waals surface area contributed by atoms with E-state index >= 15 is 4.79 Å². The normalized spacial score (nSPS) is 17.2. The molecule has 10 heteroatoms. The predicted octanol–water partition coefficient (Wildman–Crippen LogP) is 11.2. The molecule has 8 nitrogen and oxygen atoms in total. The number of benzene rings is 4. The molecule has 0 radical (unpaired) electrons. The van der Waals surface area contributed by atoms with E-state index in [4.69, 9.17) is 27.9 Å². The molecule has 1 unspecified atom stereocenters. The molecule has 0 spiro atoms. The third-order valence-corrected chi connectivity index (χ3v) is 12.9. The van der Waals surface area contributed by atoms with Gasteiger partial charge in [-0.3, -0.25) is 9.59 Å². The first-order valence-electron chi connectivity index (χ1n) is 19.8. The van der Waals surface area contributed by atoms with Gasteiger partial charge in [-0.1, -0.05) is 54.4 Å². The van der Waals surface area contributed by atoms with Crippen molar-refractivity contribution in [3.05, 3.63) is 128 Å². The number of aryl methyl sites for hydroxylation is 4. The zero-order valence-corrected chi connectivity index (χ0v) is 35.2. The second-order valence-electron chi connectivity index (χ2n) is 15.9. The van der Waals surface area contributed by atoms with Gasteiger partial charge < -0.3 is 29.0 Å². The molecule has 6 aromatic rings. The minimum absolute atomic E-state index is 0.0719. The highest BCUT2D eigenvalue weighted by atomic mass is 35.5. The number of allylic oxidation sites excluding steroid dienone is 2. The van der Waals surface area contributed by atoms with Gasteiger partial charge in [0.15, 0.2) is 0 Å². The van der Waals surface area contributed by atoms with Crippen molar-refractivity contribution in [3.63, 3.8) is 0 Å². The number of fused-ring (bicyclic) bond motifs is 4. The van der Waals surface area contributed by atoms with Crippen molar-refractivity contribution in [2.45, 2.75) is 59.9 Å². The van der Waals surface area contributed by atoms with Crippen LogP contribution in [-0.2, 0) is 13.5 Å². The van der Waals surface area contributed by atoms with Crippen LogP contribution < -0.4 is 15.0 Å². The Hall–Kier alpha value is -5.18. The molecule has 2 aliphatic heterocycles. The van der Waals surface area contributed by atoms with Gasteiger partial charge in [-0.2, -0.15) is 0 Å². The van der Waals surface area contributed by atoms with Crippen LogP contribution in [0.2, 0.25) is 10.0 Å². The van der Waals surface area contributed by atoms with Crippen LogP contribution in [0.5, 0.6) is 5.75 Å². The van der Waals surface area contributed by atoms with E-state index in [1.54, 1.807) is 0 Å². The number of aromatic nitrogens is 2. The number of hydrogen-bond acceptors (Lipinski definition) is 4. The van der Waals surface area contributed by atoms with Gasteiger partial charge in [0, 0.05) is 83.2 Å². The third kappa shape index (κ3) is 6.87. The summed E-state index contributed by atoms with van der Waals surface area (Å²) in [6.45, 7) is 12.5. The van der Waals surface area contributed by atoms with Gasteiger partial charge in [0.05, 0.1) is 22.8 Å². The maximum absolute atomic E-state index is 15.3. The van der Waals surface area contributed by atoms with Crippen LogP contribution >= 0.6 is 23.2 Å². The van der Waals surface area contributed by atoms with Crippen LogP contribution in [0.3, 0.4) is 0 Å². The Morgan fingerprint density at radius 3 is 2.40 bits per heavy atom. The predicted molar refractivity (Wildman–Crippen MR) is 234 cm³/mol. The van der Waals surface area contributed by atoms with Gasteiger partial charge in [-0.15, -0.1) is 0 Å². The molecule has 2 atom stereocenters. The number of hydrogen-bond donors (Lipinski definition) is 1. The Balaban J connectivity index is 1.23. The molecule has 2 aromatic heterocycles. The van der Waals surface area contributed by atoms with E-state index in [0.717, 1.165) is 79.2 Å². The molecule has 0 saturated heterocycles. The van der Waals surface area contributed by atoms with Gasteiger partial charge >= 0.3 is 0 Å². The number of nitrogens with zero attached hydrogens (tertiary/aromatic N) is 4. The molecular formula is C47H49Cl2N5O3. The topological polar surface area (TPSA) is 71.7 Å². The smallest absolute Gasteiger partial charge is 0.275 e. The first-order chi connectivity index (χ1) is 27.3. The van der Waals surface area contributed by atoms with E-state index in [0.29, 0.717) is 48.2 Å². The lowest BCUT2D eigenvalue weighted by atomic mass is 9.85. The van der Waals surface area contributed by atoms with Crippen LogP contribution in [0.25, 0.3) is 27.4 Å².